The van der Waals surface area contributed by atoms with Gasteiger partial charge in [0.1, 0.15) is 11.5 Å². The van der Waals surface area contributed by atoms with Crippen LogP contribution in [0.2, 0.25) is 15.1 Å². The predicted molar refractivity (Wildman–Crippen MR) is 117 cm³/mol. The largest absolute Gasteiger partial charge is 0.497 e. The van der Waals surface area contributed by atoms with E-state index in [1.165, 1.54) is 26.3 Å². The van der Waals surface area contributed by atoms with Crippen LogP contribution in [0.4, 0.5) is 5.69 Å². The van der Waals surface area contributed by atoms with Gasteiger partial charge in [0.05, 0.1) is 28.7 Å². The molecular weight excluding hydrogens is 471 g/mol. The number of nitrogens with one attached hydrogen (secondary N) is 1. The molecule has 0 aromatic heterocycles. The minimum Gasteiger partial charge on any atom is -0.497 e. The first-order valence-corrected chi connectivity index (χ1v) is 9.93. The molecule has 0 saturated heterocycles. The van der Waals surface area contributed by atoms with E-state index in [0.29, 0.717) is 11.4 Å². The van der Waals surface area contributed by atoms with E-state index in [1.54, 1.807) is 24.3 Å². The van der Waals surface area contributed by atoms with Gasteiger partial charge in [-0.3, -0.25) is 9.59 Å². The van der Waals surface area contributed by atoms with E-state index in [-0.39, 0.29) is 27.4 Å². The van der Waals surface area contributed by atoms with Crippen LogP contribution in [0, 0.1) is 0 Å². The van der Waals surface area contributed by atoms with E-state index in [9.17, 15) is 14.4 Å². The fourth-order valence-corrected chi connectivity index (χ4v) is 2.84. The van der Waals surface area contributed by atoms with E-state index in [4.69, 9.17) is 49.0 Å². The molecule has 166 valence electrons. The second-order valence-corrected chi connectivity index (χ2v) is 7.40. The molecule has 2 aromatic rings. The Hall–Kier alpha value is -2.68. The molecule has 0 aliphatic heterocycles. The summed E-state index contributed by atoms with van der Waals surface area (Å²) in [5, 5.41) is 3.26. The first-order valence-electron chi connectivity index (χ1n) is 8.80. The normalized spacial score (nSPS) is 10.2. The van der Waals surface area contributed by atoms with E-state index < -0.39 is 31.0 Å². The number of esters is 1. The highest BCUT2D eigenvalue weighted by Crippen LogP contribution is 2.33. The van der Waals surface area contributed by atoms with Gasteiger partial charge in [-0.2, -0.15) is 0 Å². The van der Waals surface area contributed by atoms with Crippen molar-refractivity contribution in [3.05, 3.63) is 51.5 Å². The first kappa shape index (κ1) is 24.6. The van der Waals surface area contributed by atoms with Gasteiger partial charge in [-0.05, 0) is 18.2 Å². The average molecular weight is 490 g/mol. The van der Waals surface area contributed by atoms with Crippen LogP contribution < -0.4 is 14.8 Å². The third kappa shape index (κ3) is 7.82. The van der Waals surface area contributed by atoms with Gasteiger partial charge in [-0.25, -0.2) is 4.79 Å². The van der Waals surface area contributed by atoms with E-state index in [0.717, 1.165) is 4.90 Å². The molecule has 0 aliphatic carbocycles. The Kier molecular flexibility index (Phi) is 9.23. The lowest BCUT2D eigenvalue weighted by Gasteiger charge is -2.17. The maximum absolute atomic E-state index is 12.1. The van der Waals surface area contributed by atoms with Crippen LogP contribution in [-0.2, 0) is 19.1 Å². The number of carbonyl (C=O) groups excluding carboxylic acids is 3. The fraction of sp³-hybridized carbons (Fsp3) is 0.250. The Morgan fingerprint density at radius 1 is 1.00 bits per heavy atom. The number of amides is 2. The number of hydrogen-bond donors (Lipinski definition) is 1. The average Bonchev–Trinajstić information content (AvgIpc) is 2.73. The van der Waals surface area contributed by atoms with Crippen LogP contribution >= 0.6 is 34.8 Å². The summed E-state index contributed by atoms with van der Waals surface area (Å²) >= 11 is 17.6. The van der Waals surface area contributed by atoms with Gasteiger partial charge < -0.3 is 24.4 Å². The van der Waals surface area contributed by atoms with Gasteiger partial charge in [0.2, 0.25) is 5.91 Å². The van der Waals surface area contributed by atoms with Crippen molar-refractivity contribution >= 4 is 58.3 Å². The molecule has 0 heterocycles. The number of hydrogen-bond acceptors (Lipinski definition) is 6. The Labute approximate surface area is 193 Å². The fourth-order valence-electron chi connectivity index (χ4n) is 2.25. The maximum atomic E-state index is 12.1. The van der Waals surface area contributed by atoms with Crippen LogP contribution in [0.25, 0.3) is 0 Å². The summed E-state index contributed by atoms with van der Waals surface area (Å²) in [5.41, 5.74) is 0.523. The van der Waals surface area contributed by atoms with Crippen molar-refractivity contribution in [2.75, 3.05) is 39.2 Å². The molecule has 1 N–H and O–H groups in total. The second-order valence-electron chi connectivity index (χ2n) is 6.18. The number of methoxy groups -OCH3 is 1. The van der Waals surface area contributed by atoms with E-state index in [1.807, 2.05) is 0 Å². The predicted octanol–water partition coefficient (Wildman–Crippen LogP) is 3.67. The Balaban J connectivity index is 1.76. The molecule has 0 radical (unpaired) electrons. The summed E-state index contributed by atoms with van der Waals surface area (Å²) in [5.74, 6) is -1.07. The highest BCUT2D eigenvalue weighted by molar-refractivity contribution is 6.43. The van der Waals surface area contributed by atoms with Crippen molar-refractivity contribution < 1.29 is 28.6 Å². The number of ether oxygens (including phenoxy) is 3. The number of nitrogens with zero attached hydrogens (tertiary/aromatic N) is 1. The summed E-state index contributed by atoms with van der Waals surface area (Å²) in [7, 11) is 2.92. The molecule has 0 spiro atoms. The van der Waals surface area contributed by atoms with Gasteiger partial charge in [0.15, 0.2) is 13.2 Å². The van der Waals surface area contributed by atoms with Crippen molar-refractivity contribution in [2.45, 2.75) is 0 Å². The van der Waals surface area contributed by atoms with Gasteiger partial charge in [0, 0.05) is 24.9 Å². The van der Waals surface area contributed by atoms with Crippen LogP contribution in [-0.4, -0.2) is 56.6 Å². The summed E-state index contributed by atoms with van der Waals surface area (Å²) in [6, 6.07) is 9.52. The third-order valence-electron chi connectivity index (χ3n) is 3.84. The number of carbonyl (C=O) groups is 3. The highest BCUT2D eigenvalue weighted by atomic mass is 35.5. The third-order valence-corrected chi connectivity index (χ3v) is 4.85. The Morgan fingerprint density at radius 2 is 1.71 bits per heavy atom. The first-order chi connectivity index (χ1) is 14.7. The van der Waals surface area contributed by atoms with Crippen LogP contribution in [0.15, 0.2) is 36.4 Å². The summed E-state index contributed by atoms with van der Waals surface area (Å²) in [4.78, 5) is 37.1. The quantitative estimate of drug-likeness (QED) is 0.427. The molecule has 2 aromatic carbocycles. The van der Waals surface area contributed by atoms with Crippen LogP contribution in [0.3, 0.4) is 0 Å². The maximum Gasteiger partial charge on any atom is 0.344 e. The van der Waals surface area contributed by atoms with Crippen molar-refractivity contribution in [1.82, 2.24) is 4.90 Å². The van der Waals surface area contributed by atoms with Crippen molar-refractivity contribution in [3.8, 4) is 11.5 Å². The van der Waals surface area contributed by atoms with E-state index >= 15 is 0 Å². The number of likely N-dealkylation sites (N-methyl/N-ethyl adjacent to an activating group) is 1. The molecule has 2 amide bonds. The summed E-state index contributed by atoms with van der Waals surface area (Å²) in [6.45, 7) is -1.28. The van der Waals surface area contributed by atoms with Gasteiger partial charge in [-0.15, -0.1) is 0 Å². The molecule has 31 heavy (non-hydrogen) atoms. The van der Waals surface area contributed by atoms with Gasteiger partial charge >= 0.3 is 5.97 Å². The second kappa shape index (κ2) is 11.6. The minimum atomic E-state index is -0.801. The molecule has 0 bridgehead atoms. The molecule has 8 nitrogen and oxygen atoms in total. The van der Waals surface area contributed by atoms with Crippen molar-refractivity contribution in [2.24, 2.45) is 0 Å². The van der Waals surface area contributed by atoms with Crippen molar-refractivity contribution in [1.29, 1.82) is 0 Å². The highest BCUT2D eigenvalue weighted by Gasteiger charge is 2.16. The minimum absolute atomic E-state index is 0.144. The zero-order valence-corrected chi connectivity index (χ0v) is 18.9. The number of halogens is 3. The molecule has 0 atom stereocenters. The number of anilines is 1. The zero-order chi connectivity index (χ0) is 23.0. The summed E-state index contributed by atoms with van der Waals surface area (Å²) in [6.07, 6.45) is 0. The molecule has 11 heteroatoms. The molecule has 0 fully saturated rings. The molecule has 0 aliphatic rings. The lowest BCUT2D eigenvalue weighted by Crippen LogP contribution is -2.37. The topological polar surface area (TPSA) is 94.2 Å². The SMILES string of the molecule is COc1cccc(NC(=O)CN(C)C(=O)COC(=O)COc2cc(Cl)c(Cl)cc2Cl)c1. The zero-order valence-electron chi connectivity index (χ0n) is 16.6. The Bertz CT molecular complexity index is 970. The number of rotatable bonds is 9. The van der Waals surface area contributed by atoms with Crippen LogP contribution in [0.5, 0.6) is 11.5 Å². The van der Waals surface area contributed by atoms with E-state index in [2.05, 4.69) is 5.32 Å². The van der Waals surface area contributed by atoms with Crippen molar-refractivity contribution in [3.63, 3.8) is 0 Å². The lowest BCUT2D eigenvalue weighted by atomic mass is 10.3. The monoisotopic (exact) mass is 488 g/mol. The van der Waals surface area contributed by atoms with Gasteiger partial charge in [-0.1, -0.05) is 40.9 Å². The molecule has 2 rings (SSSR count). The molecule has 0 unspecified atom stereocenters. The Morgan fingerprint density at radius 3 is 2.42 bits per heavy atom. The van der Waals surface area contributed by atoms with Crippen LogP contribution in [0.1, 0.15) is 0 Å². The standard InChI is InChI=1S/C20H19Cl3N2O6/c1-25(9-18(26)24-12-4-3-5-13(6-12)29-2)19(27)10-31-20(28)11-30-17-8-15(22)14(21)7-16(17)23/h3-8H,9-11H2,1-2H3,(H,24,26). The molecule has 0 saturated carbocycles. The number of benzene rings is 2. The van der Waals surface area contributed by atoms with Gasteiger partial charge in [0.25, 0.3) is 5.91 Å². The lowest BCUT2D eigenvalue weighted by molar-refractivity contribution is -0.153. The summed E-state index contributed by atoms with van der Waals surface area (Å²) < 4.78 is 15.2. The molecular formula is C20H19Cl3N2O6. The smallest absolute Gasteiger partial charge is 0.344 e.